The van der Waals surface area contributed by atoms with E-state index in [1.165, 1.54) is 18.2 Å². The van der Waals surface area contributed by atoms with Gasteiger partial charge in [0.15, 0.2) is 0 Å². The number of ether oxygens (including phenoxy) is 1. The van der Waals surface area contributed by atoms with E-state index in [1.807, 2.05) is 0 Å². The number of halogens is 1. The molecule has 1 amide bonds. The van der Waals surface area contributed by atoms with Crippen molar-refractivity contribution in [1.29, 1.82) is 0 Å². The van der Waals surface area contributed by atoms with Crippen molar-refractivity contribution in [1.82, 2.24) is 0 Å². The molecule has 5 heteroatoms. The van der Waals surface area contributed by atoms with Gasteiger partial charge >= 0.3 is 0 Å². The Balaban J connectivity index is 1.80. The van der Waals surface area contributed by atoms with Crippen molar-refractivity contribution in [3.63, 3.8) is 0 Å². The van der Waals surface area contributed by atoms with E-state index in [0.717, 1.165) is 0 Å². The first-order chi connectivity index (χ1) is 9.65. The van der Waals surface area contributed by atoms with E-state index in [1.54, 1.807) is 30.3 Å². The molecule has 0 unspecified atom stereocenters. The first-order valence-electron chi connectivity index (χ1n) is 6.18. The number of nitrogens with two attached hydrogens (primary N) is 1. The molecule has 0 radical (unpaired) electrons. The van der Waals surface area contributed by atoms with Gasteiger partial charge in [-0.1, -0.05) is 18.2 Å². The first-order valence-corrected chi connectivity index (χ1v) is 6.18. The monoisotopic (exact) mass is 274 g/mol. The van der Waals surface area contributed by atoms with Crippen LogP contribution in [0.4, 0.5) is 15.8 Å². The molecule has 0 spiro atoms. The summed E-state index contributed by atoms with van der Waals surface area (Å²) in [5, 5.41) is 2.59. The zero-order chi connectivity index (χ0) is 14.4. The van der Waals surface area contributed by atoms with Gasteiger partial charge in [-0.15, -0.1) is 0 Å². The summed E-state index contributed by atoms with van der Waals surface area (Å²) in [6, 6.07) is 12.8. The van der Waals surface area contributed by atoms with E-state index in [2.05, 4.69) is 5.32 Å². The largest absolute Gasteiger partial charge is 0.491 e. The molecule has 0 atom stereocenters. The number of benzene rings is 2. The van der Waals surface area contributed by atoms with Crippen molar-refractivity contribution in [2.75, 3.05) is 17.7 Å². The Kier molecular flexibility index (Phi) is 4.55. The van der Waals surface area contributed by atoms with Crippen LogP contribution in [0, 0.1) is 5.82 Å². The van der Waals surface area contributed by atoms with Gasteiger partial charge in [0.05, 0.1) is 18.7 Å². The lowest BCUT2D eigenvalue weighted by molar-refractivity contribution is -0.116. The van der Waals surface area contributed by atoms with E-state index in [9.17, 15) is 9.18 Å². The van der Waals surface area contributed by atoms with Gasteiger partial charge in [-0.05, 0) is 30.3 Å². The van der Waals surface area contributed by atoms with Crippen molar-refractivity contribution in [2.45, 2.75) is 6.42 Å². The summed E-state index contributed by atoms with van der Waals surface area (Å²) in [6.45, 7) is 0.204. The second-order valence-corrected chi connectivity index (χ2v) is 4.19. The maximum Gasteiger partial charge on any atom is 0.227 e. The summed E-state index contributed by atoms with van der Waals surface area (Å²) in [5.41, 5.74) is 6.66. The highest BCUT2D eigenvalue weighted by Gasteiger charge is 2.05. The number of para-hydroxylation sites is 2. The highest BCUT2D eigenvalue weighted by atomic mass is 19.1. The van der Waals surface area contributed by atoms with Gasteiger partial charge in [-0.2, -0.15) is 0 Å². The second-order valence-electron chi connectivity index (χ2n) is 4.19. The predicted molar refractivity (Wildman–Crippen MR) is 76.0 cm³/mol. The summed E-state index contributed by atoms with van der Waals surface area (Å²) < 4.78 is 18.4. The number of nitrogens with one attached hydrogen (secondary N) is 1. The number of nitrogen functional groups attached to an aromatic ring is 1. The Morgan fingerprint density at radius 2 is 2.00 bits per heavy atom. The maximum atomic E-state index is 12.9. The van der Waals surface area contributed by atoms with Crippen LogP contribution in [0.15, 0.2) is 48.5 Å². The van der Waals surface area contributed by atoms with E-state index < -0.39 is 5.82 Å². The molecule has 3 N–H and O–H groups in total. The summed E-state index contributed by atoms with van der Waals surface area (Å²) >= 11 is 0. The average molecular weight is 274 g/mol. The molecule has 0 fully saturated rings. The molecule has 2 aromatic rings. The molecule has 0 saturated heterocycles. The number of anilines is 2. The molecule has 2 aromatic carbocycles. The smallest absolute Gasteiger partial charge is 0.227 e. The van der Waals surface area contributed by atoms with E-state index >= 15 is 0 Å². The molecule has 4 nitrogen and oxygen atoms in total. The Labute approximate surface area is 116 Å². The topological polar surface area (TPSA) is 64.3 Å². The molecule has 0 bridgehead atoms. The fourth-order valence-electron chi connectivity index (χ4n) is 1.66. The molecule has 0 saturated carbocycles. The first kappa shape index (κ1) is 13.9. The third-order valence-electron chi connectivity index (χ3n) is 2.61. The van der Waals surface area contributed by atoms with Crippen LogP contribution in [0.5, 0.6) is 5.75 Å². The third-order valence-corrected chi connectivity index (χ3v) is 2.61. The van der Waals surface area contributed by atoms with Crippen LogP contribution in [0.25, 0.3) is 0 Å². The number of rotatable bonds is 5. The average Bonchev–Trinajstić information content (AvgIpc) is 2.41. The Hall–Kier alpha value is -2.56. The van der Waals surface area contributed by atoms with E-state index in [0.29, 0.717) is 17.1 Å². The van der Waals surface area contributed by atoms with Crippen molar-refractivity contribution >= 4 is 17.3 Å². The summed E-state index contributed by atoms with van der Waals surface area (Å²) in [7, 11) is 0. The van der Waals surface area contributed by atoms with Gasteiger partial charge < -0.3 is 15.8 Å². The molecule has 0 aromatic heterocycles. The van der Waals surface area contributed by atoms with Crippen LogP contribution < -0.4 is 15.8 Å². The molecule has 104 valence electrons. The van der Waals surface area contributed by atoms with Crippen molar-refractivity contribution in [2.24, 2.45) is 0 Å². The van der Waals surface area contributed by atoms with Crippen LogP contribution in [-0.4, -0.2) is 12.5 Å². The molecule has 0 aliphatic heterocycles. The number of amides is 1. The van der Waals surface area contributed by atoms with Crippen LogP contribution in [0.1, 0.15) is 6.42 Å². The lowest BCUT2D eigenvalue weighted by atomic mass is 10.3. The highest BCUT2D eigenvalue weighted by Crippen LogP contribution is 2.19. The molecule has 20 heavy (non-hydrogen) atoms. The Morgan fingerprint density at radius 1 is 1.20 bits per heavy atom. The third kappa shape index (κ3) is 3.98. The van der Waals surface area contributed by atoms with E-state index in [4.69, 9.17) is 10.5 Å². The summed E-state index contributed by atoms with van der Waals surface area (Å²) in [4.78, 5) is 11.7. The van der Waals surface area contributed by atoms with Crippen LogP contribution >= 0.6 is 0 Å². The number of carbonyl (C=O) groups is 1. The number of hydrogen-bond acceptors (Lipinski definition) is 3. The van der Waals surface area contributed by atoms with E-state index in [-0.39, 0.29) is 18.9 Å². The van der Waals surface area contributed by atoms with Gasteiger partial charge in [0.2, 0.25) is 5.91 Å². The molecular weight excluding hydrogens is 259 g/mol. The van der Waals surface area contributed by atoms with Crippen molar-refractivity contribution in [3.8, 4) is 5.75 Å². The summed E-state index contributed by atoms with van der Waals surface area (Å²) in [5.74, 6) is -0.0905. The van der Waals surface area contributed by atoms with Crippen LogP contribution in [0.2, 0.25) is 0 Å². The quantitative estimate of drug-likeness (QED) is 0.824. The zero-order valence-corrected chi connectivity index (χ0v) is 10.8. The van der Waals surface area contributed by atoms with Gasteiger partial charge in [-0.25, -0.2) is 4.39 Å². The SMILES string of the molecule is Nc1ccccc1OCCC(=O)Nc1cccc(F)c1. The normalized spacial score (nSPS) is 10.1. The van der Waals surface area contributed by atoms with Crippen LogP contribution in [-0.2, 0) is 4.79 Å². The van der Waals surface area contributed by atoms with Gasteiger partial charge in [-0.3, -0.25) is 4.79 Å². The highest BCUT2D eigenvalue weighted by molar-refractivity contribution is 5.90. The molecule has 2 rings (SSSR count). The summed E-state index contributed by atoms with van der Waals surface area (Å²) in [6.07, 6.45) is 0.158. The minimum absolute atomic E-state index is 0.158. The van der Waals surface area contributed by atoms with Gasteiger partial charge in [0, 0.05) is 5.69 Å². The zero-order valence-electron chi connectivity index (χ0n) is 10.8. The Morgan fingerprint density at radius 3 is 2.75 bits per heavy atom. The second kappa shape index (κ2) is 6.56. The standard InChI is InChI=1S/C15H15FN2O2/c16-11-4-3-5-12(10-11)18-15(19)8-9-20-14-7-2-1-6-13(14)17/h1-7,10H,8-9,17H2,(H,18,19). The molecule has 0 aliphatic carbocycles. The minimum atomic E-state index is -0.392. The molecular formula is C15H15FN2O2. The van der Waals surface area contributed by atoms with Gasteiger partial charge in [0.1, 0.15) is 11.6 Å². The fourth-order valence-corrected chi connectivity index (χ4v) is 1.66. The van der Waals surface area contributed by atoms with Crippen molar-refractivity contribution in [3.05, 3.63) is 54.3 Å². The lowest BCUT2D eigenvalue weighted by Crippen LogP contribution is -2.15. The minimum Gasteiger partial charge on any atom is -0.491 e. The fraction of sp³-hybridized carbons (Fsp3) is 0.133. The Bertz CT molecular complexity index is 602. The molecule has 0 aliphatic rings. The van der Waals surface area contributed by atoms with Crippen molar-refractivity contribution < 1.29 is 13.9 Å². The number of carbonyl (C=O) groups excluding carboxylic acids is 1. The molecule has 0 heterocycles. The lowest BCUT2D eigenvalue weighted by Gasteiger charge is -2.09. The maximum absolute atomic E-state index is 12.9. The number of hydrogen-bond donors (Lipinski definition) is 2. The van der Waals surface area contributed by atoms with Gasteiger partial charge in [0.25, 0.3) is 0 Å². The predicted octanol–water partition coefficient (Wildman–Crippen LogP) is 2.82. The van der Waals surface area contributed by atoms with Crippen LogP contribution in [0.3, 0.4) is 0 Å².